The molecule has 0 saturated heterocycles. The Balaban J connectivity index is 1.78. The predicted octanol–water partition coefficient (Wildman–Crippen LogP) is 0.567. The van der Waals surface area contributed by atoms with Crippen molar-refractivity contribution in [1.82, 2.24) is 48.7 Å². The van der Waals surface area contributed by atoms with Gasteiger partial charge in [0.2, 0.25) is 5.82 Å². The van der Waals surface area contributed by atoms with Crippen molar-refractivity contribution in [2.24, 2.45) is 0 Å². The van der Waals surface area contributed by atoms with Crippen molar-refractivity contribution in [1.29, 1.82) is 0 Å². The highest BCUT2D eigenvalue weighted by atomic mass is 15.5. The summed E-state index contributed by atoms with van der Waals surface area (Å²) in [7, 11) is 1.76. The quantitative estimate of drug-likeness (QED) is 0.435. The Kier molecular flexibility index (Phi) is 3.27. The summed E-state index contributed by atoms with van der Waals surface area (Å²) < 4.78 is 8.54. The summed E-state index contributed by atoms with van der Waals surface area (Å²) in [6.45, 7) is 0. The van der Waals surface area contributed by atoms with Gasteiger partial charge in [-0.15, -0.1) is 0 Å². The first-order valence-corrected chi connectivity index (χ1v) is 7.87. The van der Waals surface area contributed by atoms with Crippen molar-refractivity contribution in [3.8, 4) is 17.3 Å². The van der Waals surface area contributed by atoms with Crippen molar-refractivity contribution < 1.29 is 0 Å². The maximum atomic E-state index is 4.72. The summed E-state index contributed by atoms with van der Waals surface area (Å²) in [5.41, 5.74) is 0.741. The Morgan fingerprint density at radius 1 is 0.654 bits per heavy atom. The van der Waals surface area contributed by atoms with Crippen LogP contribution in [-0.2, 0) is 0 Å². The molecule has 0 N–H and O–H groups in total. The molecule has 5 rings (SSSR count). The average molecular weight is 343 g/mol. The molecule has 0 aliphatic rings. The highest BCUT2D eigenvalue weighted by Crippen LogP contribution is 2.24. The first-order chi connectivity index (χ1) is 12.9. The number of aromatic nitrogens is 10. The largest absolute Gasteiger partial charge is 0.440 e. The fourth-order valence-electron chi connectivity index (χ4n) is 2.71. The number of hydrogen-bond donors (Lipinski definition) is 0. The van der Waals surface area contributed by atoms with E-state index in [2.05, 4.69) is 20.4 Å². The summed E-state index contributed by atoms with van der Waals surface area (Å²) in [4.78, 5) is 0. The predicted molar refractivity (Wildman–Crippen MR) is 92.4 cm³/mol. The van der Waals surface area contributed by atoms with Crippen LogP contribution in [0, 0.1) is 0 Å². The van der Waals surface area contributed by atoms with Crippen LogP contribution in [0.15, 0.2) is 73.8 Å². The van der Waals surface area contributed by atoms with E-state index < -0.39 is 0 Å². The van der Waals surface area contributed by atoms with E-state index >= 15 is 0 Å². The summed E-state index contributed by atoms with van der Waals surface area (Å²) in [6, 6.07) is 7.40. The van der Waals surface area contributed by atoms with Crippen molar-refractivity contribution in [2.75, 3.05) is 0 Å². The average Bonchev–Trinajstić information content (AvgIpc) is 3.45. The summed E-state index contributed by atoms with van der Waals surface area (Å²) in [6.07, 6.45) is 14.2. The first kappa shape index (κ1) is 14.5. The Bertz CT molecular complexity index is 1090. The van der Waals surface area contributed by atoms with Crippen LogP contribution in [0.5, 0.6) is 0 Å². The summed E-state index contributed by atoms with van der Waals surface area (Å²) in [5, 5.41) is 22.0. The molecule has 0 amide bonds. The zero-order valence-corrected chi connectivity index (χ0v) is 13.5. The van der Waals surface area contributed by atoms with Crippen LogP contribution >= 0.6 is 0 Å². The molecule has 0 aromatic carbocycles. The molecular formula is C15H12BN10. The van der Waals surface area contributed by atoms with Crippen molar-refractivity contribution >= 4 is 7.55 Å². The lowest BCUT2D eigenvalue weighted by Crippen LogP contribution is -2.22. The van der Waals surface area contributed by atoms with E-state index in [-0.39, 0.29) is 0 Å². The Labute approximate surface area is 148 Å². The lowest BCUT2D eigenvalue weighted by Gasteiger charge is -2.09. The molecule has 10 nitrogen and oxygen atoms in total. The normalized spacial score (nSPS) is 11.1. The minimum atomic E-state index is 0.618. The topological polar surface area (TPSA) is 89.1 Å². The van der Waals surface area contributed by atoms with Gasteiger partial charge in [0.05, 0.1) is 0 Å². The van der Waals surface area contributed by atoms with Crippen LogP contribution in [0.25, 0.3) is 17.3 Å². The SMILES string of the molecule is [B](n1cccn1)n1nc(-n2cccn2)c(-n2cccn2)c1-n1cccn1. The monoisotopic (exact) mass is 343 g/mol. The number of rotatable bonds is 5. The van der Waals surface area contributed by atoms with Gasteiger partial charge in [-0.1, -0.05) is 0 Å². The molecule has 0 bridgehead atoms. The summed E-state index contributed by atoms with van der Waals surface area (Å²) >= 11 is 0. The van der Waals surface area contributed by atoms with E-state index in [4.69, 9.17) is 5.10 Å². The van der Waals surface area contributed by atoms with Crippen LogP contribution in [0.3, 0.4) is 0 Å². The molecule has 0 fully saturated rings. The maximum Gasteiger partial charge on any atom is 0.440 e. The third-order valence-corrected chi connectivity index (χ3v) is 3.77. The molecule has 5 heterocycles. The van der Waals surface area contributed by atoms with Gasteiger partial charge < -0.3 is 0 Å². The molecule has 125 valence electrons. The van der Waals surface area contributed by atoms with Gasteiger partial charge in [-0.05, 0) is 24.3 Å². The zero-order chi connectivity index (χ0) is 17.3. The van der Waals surface area contributed by atoms with E-state index in [1.165, 1.54) is 0 Å². The second kappa shape index (κ2) is 5.88. The van der Waals surface area contributed by atoms with E-state index in [1.54, 1.807) is 55.6 Å². The second-order valence-corrected chi connectivity index (χ2v) is 5.39. The van der Waals surface area contributed by atoms with E-state index in [0.29, 0.717) is 11.6 Å². The van der Waals surface area contributed by atoms with Gasteiger partial charge in [-0.25, -0.2) is 14.0 Å². The van der Waals surface area contributed by atoms with Crippen LogP contribution in [0.2, 0.25) is 0 Å². The third-order valence-electron chi connectivity index (χ3n) is 3.77. The molecule has 0 aliphatic carbocycles. The van der Waals surface area contributed by atoms with Gasteiger partial charge in [0.1, 0.15) is 0 Å². The molecule has 0 saturated carbocycles. The van der Waals surface area contributed by atoms with Gasteiger partial charge in [-0.2, -0.15) is 25.5 Å². The van der Waals surface area contributed by atoms with Crippen LogP contribution in [-0.4, -0.2) is 56.3 Å². The Hall–Kier alpha value is -3.89. The molecule has 26 heavy (non-hydrogen) atoms. The van der Waals surface area contributed by atoms with E-state index in [1.807, 2.05) is 49.1 Å². The van der Waals surface area contributed by atoms with Gasteiger partial charge in [-0.3, -0.25) is 9.19 Å². The molecule has 0 aliphatic heterocycles. The molecule has 1 radical (unpaired) electrons. The van der Waals surface area contributed by atoms with Gasteiger partial charge in [0.15, 0.2) is 11.5 Å². The lowest BCUT2D eigenvalue weighted by atomic mass is 10.2. The van der Waals surface area contributed by atoms with Gasteiger partial charge in [0, 0.05) is 49.6 Å². The minimum Gasteiger partial charge on any atom is -0.292 e. The fraction of sp³-hybridized carbons (Fsp3) is 0. The lowest BCUT2D eigenvalue weighted by molar-refractivity contribution is 0.768. The maximum absolute atomic E-state index is 4.72. The van der Waals surface area contributed by atoms with E-state index in [0.717, 1.165) is 5.69 Å². The number of nitrogens with zero attached hydrogens (tertiary/aromatic N) is 10. The van der Waals surface area contributed by atoms with Crippen LogP contribution < -0.4 is 0 Å². The second-order valence-electron chi connectivity index (χ2n) is 5.39. The molecule has 0 atom stereocenters. The van der Waals surface area contributed by atoms with Crippen molar-refractivity contribution in [3.63, 3.8) is 0 Å². The van der Waals surface area contributed by atoms with Gasteiger partial charge in [0.25, 0.3) is 0 Å². The highest BCUT2D eigenvalue weighted by Gasteiger charge is 2.24. The van der Waals surface area contributed by atoms with Crippen LogP contribution in [0.4, 0.5) is 0 Å². The van der Waals surface area contributed by atoms with Crippen molar-refractivity contribution in [2.45, 2.75) is 0 Å². The highest BCUT2D eigenvalue weighted by molar-refractivity contribution is 6.31. The van der Waals surface area contributed by atoms with Crippen molar-refractivity contribution in [3.05, 3.63) is 73.8 Å². The molecule has 0 unspecified atom stereocenters. The molecule has 0 spiro atoms. The minimum absolute atomic E-state index is 0.618. The summed E-state index contributed by atoms with van der Waals surface area (Å²) in [5.74, 6) is 1.33. The Morgan fingerprint density at radius 3 is 1.88 bits per heavy atom. The Morgan fingerprint density at radius 2 is 1.27 bits per heavy atom. The van der Waals surface area contributed by atoms with E-state index in [9.17, 15) is 0 Å². The smallest absolute Gasteiger partial charge is 0.292 e. The standard InChI is InChI=1S/C15H12BN10/c1-5-17-22(9-1)13-14(23-10-2-6-18-23)21-26(16-25-12-4-8-20-25)15(13)24-11-3-7-19-24/h1-12H. The fourth-order valence-corrected chi connectivity index (χ4v) is 2.71. The van der Waals surface area contributed by atoms with Gasteiger partial charge >= 0.3 is 7.55 Å². The zero-order valence-electron chi connectivity index (χ0n) is 13.5. The first-order valence-electron chi connectivity index (χ1n) is 7.87. The molecule has 5 aromatic rings. The third kappa shape index (κ3) is 2.33. The molecule has 11 heteroatoms. The molecule has 5 aromatic heterocycles. The molecular weight excluding hydrogens is 331 g/mol. The number of hydrogen-bond acceptors (Lipinski definition) is 5. The van der Waals surface area contributed by atoms with Crippen LogP contribution in [0.1, 0.15) is 0 Å².